The summed E-state index contributed by atoms with van der Waals surface area (Å²) >= 11 is 0. The topological polar surface area (TPSA) is 0 Å². The molecule has 6 aliphatic carbocycles. The molecule has 6 aliphatic rings. The SMILES string of the molecule is CC#CC#C[Si](C)(C)C1CCCC1.C[Si](C)(C)C1CCCC1.C[Si](C)(C1CCCC1)C1CCCC1.C[Si](C)(C1CCCC1)C1CCCC1.[CH3-].[CH3-].[CH3-].[CH3-].[CH3-].[CH3-].[Fe+2].[Fe+2].[Fe+2]. The van der Waals surface area contributed by atoms with Gasteiger partial charge in [0.15, 0.2) is 0 Å². The second kappa shape index (κ2) is 35.9. The summed E-state index contributed by atoms with van der Waals surface area (Å²) in [5.41, 5.74) is 10.3. The van der Waals surface area contributed by atoms with E-state index >= 15 is 0 Å². The molecule has 0 aromatic heterocycles. The van der Waals surface area contributed by atoms with Crippen LogP contribution in [0.15, 0.2) is 0 Å². The smallest absolute Gasteiger partial charge is 0.358 e. The van der Waals surface area contributed by atoms with E-state index in [4.69, 9.17) is 0 Å². The van der Waals surface area contributed by atoms with E-state index in [1.165, 1.54) is 125 Å². The second-order valence-electron chi connectivity index (χ2n) is 20.2. The Bertz CT molecular complexity index is 949. The first-order valence-electron chi connectivity index (χ1n) is 21.6. The number of hydrogen-bond donors (Lipinski definition) is 0. The van der Waals surface area contributed by atoms with Crippen LogP contribution >= 0.6 is 0 Å². The summed E-state index contributed by atoms with van der Waals surface area (Å²) < 4.78 is 0. The van der Waals surface area contributed by atoms with Crippen LogP contribution in [0.25, 0.3) is 0 Å². The van der Waals surface area contributed by atoms with Crippen LogP contribution in [0.4, 0.5) is 0 Å². The molecule has 57 heavy (non-hydrogen) atoms. The zero-order valence-electron chi connectivity index (χ0n) is 41.5. The van der Waals surface area contributed by atoms with Gasteiger partial charge in [0.05, 0.1) is 16.1 Å². The molecule has 0 radical (unpaired) electrons. The van der Waals surface area contributed by atoms with E-state index < -0.39 is 32.3 Å². The summed E-state index contributed by atoms with van der Waals surface area (Å²) in [4.78, 5) is 0. The molecule has 342 valence electrons. The summed E-state index contributed by atoms with van der Waals surface area (Å²) in [6.45, 7) is 24.8. The van der Waals surface area contributed by atoms with Crippen LogP contribution in [0.5, 0.6) is 0 Å². The molecule has 0 unspecified atom stereocenters. The fourth-order valence-corrected chi connectivity index (χ4v) is 24.6. The third kappa shape index (κ3) is 24.3. The summed E-state index contributed by atoms with van der Waals surface area (Å²) in [5.74, 6) is 8.68. The summed E-state index contributed by atoms with van der Waals surface area (Å²) in [5, 5.41) is 0. The first kappa shape index (κ1) is 73.0. The first-order valence-corrected chi connectivity index (χ1v) is 34.6. The monoisotopic (exact) mass is 983 g/mol. The van der Waals surface area contributed by atoms with Crippen LogP contribution < -0.4 is 0 Å². The van der Waals surface area contributed by atoms with Crippen molar-refractivity contribution in [3.05, 3.63) is 44.6 Å². The molecule has 7 heteroatoms. The molecular formula is C50H102Fe3Si4. The van der Waals surface area contributed by atoms with E-state index in [0.29, 0.717) is 0 Å². The molecule has 6 saturated carbocycles. The number of hydrogen-bond acceptors (Lipinski definition) is 0. The standard InChI is InChI=1S/2C12H24Si.C12H18Si.C8H18Si.6CH3.3Fe/c2*1-13(2,11-7-3-4-8-11)12-9-5-6-10-12;1-4-5-8-11-13(2,3)12-9-6-7-10-12;1-9(2,3)8-6-4-5-7-8;;;;;;;;;/h2*11-12H,3-10H2,1-2H3;12H,6-7,9-10H2,1-3H3;8H,4-7H2,1-3H3;6*1H3;;;/q;;;;6*-1;3*+2. The van der Waals surface area contributed by atoms with Crippen LogP contribution in [-0.2, 0) is 51.2 Å². The molecule has 0 spiro atoms. The molecular weight excluding hydrogens is 880 g/mol. The molecule has 0 atom stereocenters. The van der Waals surface area contributed by atoms with Gasteiger partial charge in [0.1, 0.15) is 8.07 Å². The molecule has 0 heterocycles. The Kier molecular flexibility index (Phi) is 46.0. The summed E-state index contributed by atoms with van der Waals surface area (Å²) in [6, 6.07) is 0. The van der Waals surface area contributed by atoms with Crippen molar-refractivity contribution in [1.82, 2.24) is 0 Å². The molecule has 0 bridgehead atoms. The molecule has 6 fully saturated rings. The van der Waals surface area contributed by atoms with Gasteiger partial charge in [-0.25, -0.2) is 0 Å². The Hall–Kier alpha value is 1.55. The van der Waals surface area contributed by atoms with Crippen molar-refractivity contribution in [1.29, 1.82) is 0 Å². The van der Waals surface area contributed by atoms with E-state index in [1.54, 1.807) is 51.4 Å². The van der Waals surface area contributed by atoms with E-state index in [0.717, 1.165) is 11.1 Å². The van der Waals surface area contributed by atoms with Gasteiger partial charge < -0.3 is 44.6 Å². The van der Waals surface area contributed by atoms with Crippen LogP contribution in [0, 0.1) is 67.9 Å². The molecule has 0 amide bonds. The summed E-state index contributed by atoms with van der Waals surface area (Å²) in [7, 11) is -3.67. The first-order chi connectivity index (χ1) is 22.7. The van der Waals surface area contributed by atoms with Gasteiger partial charge in [-0.15, -0.1) is 5.54 Å². The van der Waals surface area contributed by atoms with Gasteiger partial charge in [-0.05, 0) is 52.0 Å². The van der Waals surface area contributed by atoms with E-state index in [-0.39, 0.29) is 95.8 Å². The second-order valence-corrected chi connectivity index (χ2v) is 40.9. The molecule has 0 N–H and O–H groups in total. The largest absolute Gasteiger partial charge is 2.00 e. The van der Waals surface area contributed by atoms with E-state index in [1.807, 2.05) is 6.92 Å². The minimum atomic E-state index is -1.27. The normalized spacial score (nSPS) is 20.0. The van der Waals surface area contributed by atoms with E-state index in [2.05, 4.69) is 82.2 Å². The Balaban J connectivity index is -0.000000112. The average molecular weight is 983 g/mol. The maximum atomic E-state index is 3.42. The fourth-order valence-electron chi connectivity index (χ4n) is 11.1. The molecule has 0 nitrogen and oxygen atoms in total. The Morgan fingerprint density at radius 1 is 0.316 bits per heavy atom. The van der Waals surface area contributed by atoms with Gasteiger partial charge in [-0.1, -0.05) is 219 Å². The van der Waals surface area contributed by atoms with Gasteiger partial charge in [-0.3, -0.25) is 0 Å². The summed E-state index contributed by atoms with van der Waals surface area (Å²) in [6.07, 6.45) is 36.7. The molecule has 0 aromatic carbocycles. The minimum absolute atomic E-state index is 0. The van der Waals surface area contributed by atoms with Gasteiger partial charge in [0.2, 0.25) is 0 Å². The van der Waals surface area contributed by atoms with Crippen LogP contribution in [0.2, 0.25) is 92.2 Å². The predicted molar refractivity (Wildman–Crippen MR) is 269 cm³/mol. The van der Waals surface area contributed by atoms with Crippen molar-refractivity contribution in [3.63, 3.8) is 0 Å². The molecule has 6 rings (SSSR count). The third-order valence-corrected chi connectivity index (χ3v) is 32.3. The van der Waals surface area contributed by atoms with Crippen LogP contribution in [-0.4, -0.2) is 32.3 Å². The molecule has 0 aliphatic heterocycles. The fraction of sp³-hybridized carbons (Fsp3) is 0.800. The minimum Gasteiger partial charge on any atom is -0.358 e. The van der Waals surface area contributed by atoms with Gasteiger partial charge in [0.25, 0.3) is 0 Å². The zero-order chi connectivity index (χ0) is 35.3. The number of rotatable bonds is 6. The Labute approximate surface area is 401 Å². The van der Waals surface area contributed by atoms with Crippen LogP contribution in [0.1, 0.15) is 161 Å². The molecule has 0 aromatic rings. The van der Waals surface area contributed by atoms with Gasteiger partial charge in [0, 0.05) is 8.07 Å². The van der Waals surface area contributed by atoms with Crippen molar-refractivity contribution in [2.75, 3.05) is 0 Å². The van der Waals surface area contributed by atoms with E-state index in [9.17, 15) is 0 Å². The van der Waals surface area contributed by atoms with Crippen molar-refractivity contribution < 1.29 is 51.2 Å². The predicted octanol–water partition coefficient (Wildman–Crippen LogP) is 18.3. The van der Waals surface area contributed by atoms with Gasteiger partial charge >= 0.3 is 51.2 Å². The van der Waals surface area contributed by atoms with Crippen LogP contribution in [0.3, 0.4) is 0 Å². The third-order valence-electron chi connectivity index (χ3n) is 15.2. The maximum Gasteiger partial charge on any atom is 2.00 e. The zero-order valence-corrected chi connectivity index (χ0v) is 48.8. The quantitative estimate of drug-likeness (QED) is 0.141. The Morgan fingerprint density at radius 3 is 0.719 bits per heavy atom. The van der Waals surface area contributed by atoms with Crippen molar-refractivity contribution >= 4 is 32.3 Å². The maximum absolute atomic E-state index is 3.42. The van der Waals surface area contributed by atoms with Crippen molar-refractivity contribution in [2.24, 2.45) is 0 Å². The molecule has 0 saturated heterocycles. The average Bonchev–Trinajstić information content (AvgIpc) is 3.91. The van der Waals surface area contributed by atoms with Crippen molar-refractivity contribution in [2.45, 2.75) is 253 Å². The van der Waals surface area contributed by atoms with Crippen molar-refractivity contribution in [3.8, 4) is 23.3 Å². The Morgan fingerprint density at radius 2 is 0.526 bits per heavy atom. The van der Waals surface area contributed by atoms with Gasteiger partial charge in [-0.2, -0.15) is 0 Å².